The van der Waals surface area contributed by atoms with Gasteiger partial charge in [0, 0.05) is 6.42 Å². The van der Waals surface area contributed by atoms with Crippen LogP contribution in [0.3, 0.4) is 0 Å². The van der Waals surface area contributed by atoms with E-state index in [2.05, 4.69) is 0 Å². The molecule has 1 aromatic rings. The Bertz CT molecular complexity index is 408. The maximum atomic E-state index is 14.4. The van der Waals surface area contributed by atoms with Crippen molar-refractivity contribution < 1.29 is 14.3 Å². The summed E-state index contributed by atoms with van der Waals surface area (Å²) >= 11 is 0. The fraction of sp³-hybridized carbons (Fsp3) is 0.500. The number of carbonyl (C=O) groups is 1. The van der Waals surface area contributed by atoms with Crippen LogP contribution in [0, 0.1) is 0 Å². The summed E-state index contributed by atoms with van der Waals surface area (Å²) in [7, 11) is 0. The summed E-state index contributed by atoms with van der Waals surface area (Å²) in [5.41, 5.74) is -0.105. The van der Waals surface area contributed by atoms with E-state index in [4.69, 9.17) is 5.11 Å². The van der Waals surface area contributed by atoms with Crippen molar-refractivity contribution in [2.45, 2.75) is 44.2 Å². The lowest BCUT2D eigenvalue weighted by atomic mass is 9.82. The monoisotopic (exact) mass is 236 g/mol. The predicted molar refractivity (Wildman–Crippen MR) is 64.0 cm³/mol. The molecule has 17 heavy (non-hydrogen) atoms. The molecule has 0 atom stereocenters. The van der Waals surface area contributed by atoms with Crippen LogP contribution in [0.5, 0.6) is 0 Å². The SMILES string of the molecule is O=C(O)c1cccc(CC2(F)CCCCC2)c1. The zero-order valence-electron chi connectivity index (χ0n) is 9.79. The summed E-state index contributed by atoms with van der Waals surface area (Å²) in [6, 6.07) is 6.61. The van der Waals surface area contributed by atoms with Crippen molar-refractivity contribution in [1.29, 1.82) is 0 Å². The number of alkyl halides is 1. The number of hydrogen-bond donors (Lipinski definition) is 1. The van der Waals surface area contributed by atoms with Gasteiger partial charge in [-0.3, -0.25) is 0 Å². The van der Waals surface area contributed by atoms with Crippen molar-refractivity contribution >= 4 is 5.97 Å². The van der Waals surface area contributed by atoms with Crippen molar-refractivity contribution in [3.8, 4) is 0 Å². The highest BCUT2D eigenvalue weighted by Crippen LogP contribution is 2.34. The molecule has 1 fully saturated rings. The Balaban J connectivity index is 2.12. The van der Waals surface area contributed by atoms with Gasteiger partial charge in [-0.1, -0.05) is 31.4 Å². The smallest absolute Gasteiger partial charge is 0.335 e. The molecule has 0 aliphatic heterocycles. The lowest BCUT2D eigenvalue weighted by Gasteiger charge is -2.29. The van der Waals surface area contributed by atoms with Crippen molar-refractivity contribution in [1.82, 2.24) is 0 Å². The zero-order valence-corrected chi connectivity index (χ0v) is 9.79. The molecule has 1 saturated carbocycles. The van der Waals surface area contributed by atoms with Crippen LogP contribution in [-0.4, -0.2) is 16.7 Å². The largest absolute Gasteiger partial charge is 0.478 e. The minimum absolute atomic E-state index is 0.238. The topological polar surface area (TPSA) is 37.3 Å². The summed E-state index contributed by atoms with van der Waals surface area (Å²) in [4.78, 5) is 10.8. The van der Waals surface area contributed by atoms with Gasteiger partial charge in [-0.05, 0) is 30.5 Å². The Hall–Kier alpha value is -1.38. The number of aromatic carboxylic acids is 1. The number of benzene rings is 1. The Morgan fingerprint density at radius 1 is 1.29 bits per heavy atom. The third kappa shape index (κ3) is 3.05. The highest BCUT2D eigenvalue weighted by molar-refractivity contribution is 5.87. The van der Waals surface area contributed by atoms with Crippen LogP contribution in [0.4, 0.5) is 4.39 Å². The summed E-state index contributed by atoms with van der Waals surface area (Å²) in [5, 5.41) is 8.89. The van der Waals surface area contributed by atoms with Crippen molar-refractivity contribution in [2.24, 2.45) is 0 Å². The number of carboxylic acids is 1. The Morgan fingerprint density at radius 3 is 2.65 bits per heavy atom. The molecule has 1 aliphatic carbocycles. The van der Waals surface area contributed by atoms with Gasteiger partial charge in [0.05, 0.1) is 5.56 Å². The van der Waals surface area contributed by atoms with E-state index in [0.29, 0.717) is 19.3 Å². The van der Waals surface area contributed by atoms with E-state index in [0.717, 1.165) is 24.8 Å². The summed E-state index contributed by atoms with van der Waals surface area (Å²) < 4.78 is 14.4. The molecule has 2 nitrogen and oxygen atoms in total. The Labute approximate surface area is 100 Å². The van der Waals surface area contributed by atoms with Gasteiger partial charge in [-0.15, -0.1) is 0 Å². The fourth-order valence-corrected chi connectivity index (χ4v) is 2.54. The van der Waals surface area contributed by atoms with Crippen LogP contribution in [0.25, 0.3) is 0 Å². The van der Waals surface area contributed by atoms with Crippen LogP contribution in [0.15, 0.2) is 24.3 Å². The first-order valence-corrected chi connectivity index (χ1v) is 6.10. The third-order valence-electron chi connectivity index (χ3n) is 3.44. The molecular formula is C14H17FO2. The number of rotatable bonds is 3. The van der Waals surface area contributed by atoms with E-state index in [1.807, 2.05) is 6.07 Å². The summed E-state index contributed by atoms with van der Waals surface area (Å²) in [6.07, 6.45) is 4.54. The van der Waals surface area contributed by atoms with Gasteiger partial charge in [0.1, 0.15) is 5.67 Å². The van der Waals surface area contributed by atoms with Gasteiger partial charge in [-0.25, -0.2) is 9.18 Å². The minimum Gasteiger partial charge on any atom is -0.478 e. The number of carboxylic acid groups (broad SMARTS) is 1. The standard InChI is InChI=1S/C14H17FO2/c15-14(7-2-1-3-8-14)10-11-5-4-6-12(9-11)13(16)17/h4-6,9H,1-3,7-8,10H2,(H,16,17). The van der Waals surface area contributed by atoms with Crippen molar-refractivity contribution in [3.05, 3.63) is 35.4 Å². The molecule has 0 aromatic heterocycles. The van der Waals surface area contributed by atoms with Crippen LogP contribution >= 0.6 is 0 Å². The fourth-order valence-electron chi connectivity index (χ4n) is 2.54. The second-order valence-electron chi connectivity index (χ2n) is 4.89. The van der Waals surface area contributed by atoms with E-state index >= 15 is 0 Å². The van der Waals surface area contributed by atoms with E-state index in [1.54, 1.807) is 12.1 Å². The second kappa shape index (κ2) is 4.86. The van der Waals surface area contributed by atoms with Gasteiger partial charge < -0.3 is 5.11 Å². The van der Waals surface area contributed by atoms with Gasteiger partial charge in [0.2, 0.25) is 0 Å². The predicted octanol–water partition coefficient (Wildman–Crippen LogP) is 3.60. The Morgan fingerprint density at radius 2 is 2.00 bits per heavy atom. The molecular weight excluding hydrogens is 219 g/mol. The lowest BCUT2D eigenvalue weighted by Crippen LogP contribution is -2.28. The quantitative estimate of drug-likeness (QED) is 0.870. The van der Waals surface area contributed by atoms with Gasteiger partial charge in [0.15, 0.2) is 0 Å². The zero-order chi connectivity index (χ0) is 12.3. The van der Waals surface area contributed by atoms with E-state index in [9.17, 15) is 9.18 Å². The maximum absolute atomic E-state index is 14.4. The van der Waals surface area contributed by atoms with E-state index in [-0.39, 0.29) is 5.56 Å². The normalized spacial score (nSPS) is 18.9. The molecule has 1 aliphatic rings. The Kier molecular flexibility index (Phi) is 3.46. The van der Waals surface area contributed by atoms with Crippen molar-refractivity contribution in [3.63, 3.8) is 0 Å². The van der Waals surface area contributed by atoms with Gasteiger partial charge in [0.25, 0.3) is 0 Å². The lowest BCUT2D eigenvalue weighted by molar-refractivity contribution is 0.0696. The summed E-state index contributed by atoms with van der Waals surface area (Å²) in [5.74, 6) is -0.955. The highest BCUT2D eigenvalue weighted by Gasteiger charge is 2.31. The van der Waals surface area contributed by atoms with Crippen LogP contribution in [-0.2, 0) is 6.42 Å². The van der Waals surface area contributed by atoms with Crippen LogP contribution in [0.2, 0.25) is 0 Å². The highest BCUT2D eigenvalue weighted by atomic mass is 19.1. The molecule has 1 aromatic carbocycles. The third-order valence-corrected chi connectivity index (χ3v) is 3.44. The van der Waals surface area contributed by atoms with Crippen molar-refractivity contribution in [2.75, 3.05) is 0 Å². The first-order chi connectivity index (χ1) is 8.09. The molecule has 0 radical (unpaired) electrons. The average molecular weight is 236 g/mol. The van der Waals surface area contributed by atoms with Gasteiger partial charge >= 0.3 is 5.97 Å². The second-order valence-corrected chi connectivity index (χ2v) is 4.89. The summed E-state index contributed by atoms with van der Waals surface area (Å²) in [6.45, 7) is 0. The van der Waals surface area contributed by atoms with Crippen LogP contribution in [0.1, 0.15) is 48.0 Å². The molecule has 0 heterocycles. The molecule has 0 unspecified atom stereocenters. The average Bonchev–Trinajstić information content (AvgIpc) is 2.29. The van der Waals surface area contributed by atoms with Gasteiger partial charge in [-0.2, -0.15) is 0 Å². The number of hydrogen-bond acceptors (Lipinski definition) is 1. The molecule has 0 saturated heterocycles. The molecule has 0 spiro atoms. The maximum Gasteiger partial charge on any atom is 0.335 e. The molecule has 92 valence electrons. The first-order valence-electron chi connectivity index (χ1n) is 6.10. The molecule has 0 bridgehead atoms. The first kappa shape index (κ1) is 12.1. The number of halogens is 1. The molecule has 3 heteroatoms. The van der Waals surface area contributed by atoms with E-state index in [1.165, 1.54) is 6.07 Å². The van der Waals surface area contributed by atoms with Crippen LogP contribution < -0.4 is 0 Å². The van der Waals surface area contributed by atoms with E-state index < -0.39 is 11.6 Å². The molecule has 2 rings (SSSR count). The molecule has 1 N–H and O–H groups in total. The minimum atomic E-state index is -1.13. The molecule has 0 amide bonds.